The van der Waals surface area contributed by atoms with Gasteiger partial charge in [0, 0.05) is 13.1 Å². The van der Waals surface area contributed by atoms with E-state index in [2.05, 4.69) is 33.9 Å². The molecule has 0 spiro atoms. The molecule has 0 aliphatic carbocycles. The van der Waals surface area contributed by atoms with E-state index in [1.165, 1.54) is 0 Å². The number of fused-ring (bicyclic) bond motifs is 1. The van der Waals surface area contributed by atoms with Gasteiger partial charge in [-0.25, -0.2) is 0 Å². The SMILES string of the molecule is CC(C)(C)[Si](C)(C)Oc1c(C(=O)N2CCCC2)ccc2c1OCO2. The molecule has 5 nitrogen and oxygen atoms in total. The molecule has 1 saturated heterocycles. The summed E-state index contributed by atoms with van der Waals surface area (Å²) in [5.74, 6) is 1.82. The summed E-state index contributed by atoms with van der Waals surface area (Å²) in [5, 5.41) is 0.0309. The fraction of sp³-hybridized carbons (Fsp3) is 0.611. The summed E-state index contributed by atoms with van der Waals surface area (Å²) in [6.45, 7) is 12.7. The molecule has 0 N–H and O–H groups in total. The molecule has 132 valence electrons. The first-order chi connectivity index (χ1) is 11.2. The maximum Gasteiger partial charge on any atom is 0.257 e. The molecule has 24 heavy (non-hydrogen) atoms. The van der Waals surface area contributed by atoms with Crippen LogP contribution in [0, 0.1) is 0 Å². The predicted octanol–water partition coefficient (Wildman–Crippen LogP) is 4.04. The van der Waals surface area contributed by atoms with Crippen LogP contribution in [0.3, 0.4) is 0 Å². The lowest BCUT2D eigenvalue weighted by molar-refractivity contribution is 0.0790. The van der Waals surface area contributed by atoms with Crippen molar-refractivity contribution in [2.24, 2.45) is 0 Å². The third kappa shape index (κ3) is 2.99. The van der Waals surface area contributed by atoms with Gasteiger partial charge in [-0.05, 0) is 43.1 Å². The maximum atomic E-state index is 13.0. The summed E-state index contributed by atoms with van der Waals surface area (Å²) in [6, 6.07) is 3.63. The third-order valence-corrected chi connectivity index (χ3v) is 9.61. The van der Waals surface area contributed by atoms with Crippen molar-refractivity contribution < 1.29 is 18.7 Å². The van der Waals surface area contributed by atoms with Crippen LogP contribution < -0.4 is 13.9 Å². The quantitative estimate of drug-likeness (QED) is 0.773. The summed E-state index contributed by atoms with van der Waals surface area (Å²) >= 11 is 0. The minimum absolute atomic E-state index is 0.0273. The van der Waals surface area contributed by atoms with Crippen LogP contribution in [0.25, 0.3) is 0 Å². The van der Waals surface area contributed by atoms with Gasteiger partial charge in [-0.3, -0.25) is 4.79 Å². The Kier molecular flexibility index (Phi) is 4.28. The van der Waals surface area contributed by atoms with Gasteiger partial charge in [0.2, 0.25) is 12.5 Å². The molecule has 0 bridgehead atoms. The Bertz CT molecular complexity index is 645. The van der Waals surface area contributed by atoms with Gasteiger partial charge in [0.15, 0.2) is 11.5 Å². The Hall–Kier alpha value is -1.69. The summed E-state index contributed by atoms with van der Waals surface area (Å²) in [5.41, 5.74) is 0.589. The van der Waals surface area contributed by atoms with Crippen LogP contribution in [-0.4, -0.2) is 39.0 Å². The number of amides is 1. The van der Waals surface area contributed by atoms with Gasteiger partial charge in [-0.15, -0.1) is 0 Å². The number of benzene rings is 1. The lowest BCUT2D eigenvalue weighted by Crippen LogP contribution is -2.44. The minimum atomic E-state index is -2.11. The average molecular weight is 350 g/mol. The van der Waals surface area contributed by atoms with E-state index in [-0.39, 0.29) is 17.7 Å². The first-order valence-electron chi connectivity index (χ1n) is 8.61. The number of nitrogens with zero attached hydrogens (tertiary/aromatic N) is 1. The molecule has 1 fully saturated rings. The number of hydrogen-bond acceptors (Lipinski definition) is 4. The van der Waals surface area contributed by atoms with Crippen LogP contribution in [0.2, 0.25) is 18.1 Å². The zero-order valence-corrected chi connectivity index (χ0v) is 16.3. The van der Waals surface area contributed by atoms with Crippen LogP contribution >= 0.6 is 0 Å². The number of ether oxygens (including phenoxy) is 2. The van der Waals surface area contributed by atoms with Gasteiger partial charge in [-0.1, -0.05) is 20.8 Å². The van der Waals surface area contributed by atoms with Gasteiger partial charge in [-0.2, -0.15) is 0 Å². The molecule has 0 atom stereocenters. The van der Waals surface area contributed by atoms with Gasteiger partial charge in [0.05, 0.1) is 5.56 Å². The van der Waals surface area contributed by atoms with Crippen molar-refractivity contribution in [3.05, 3.63) is 17.7 Å². The van der Waals surface area contributed by atoms with E-state index in [0.717, 1.165) is 25.9 Å². The first kappa shape index (κ1) is 17.1. The number of rotatable bonds is 3. The molecule has 0 saturated carbocycles. The smallest absolute Gasteiger partial charge is 0.257 e. The normalized spacial score (nSPS) is 17.3. The zero-order valence-electron chi connectivity index (χ0n) is 15.3. The number of hydrogen-bond donors (Lipinski definition) is 0. The van der Waals surface area contributed by atoms with Crippen molar-refractivity contribution >= 4 is 14.2 Å². The van der Waals surface area contributed by atoms with Crippen molar-refractivity contribution in [3.63, 3.8) is 0 Å². The molecule has 0 unspecified atom stereocenters. The second kappa shape index (κ2) is 5.99. The lowest BCUT2D eigenvalue weighted by Gasteiger charge is -2.37. The first-order valence-corrected chi connectivity index (χ1v) is 11.5. The Labute approximate surface area is 145 Å². The number of carbonyl (C=O) groups excluding carboxylic acids is 1. The van der Waals surface area contributed by atoms with Crippen molar-refractivity contribution in [1.82, 2.24) is 4.90 Å². The summed E-state index contributed by atoms with van der Waals surface area (Å²) in [7, 11) is -2.11. The molecule has 1 aromatic carbocycles. The number of carbonyl (C=O) groups is 1. The van der Waals surface area contributed by atoms with Gasteiger partial charge in [0.1, 0.15) is 0 Å². The highest BCUT2D eigenvalue weighted by molar-refractivity contribution is 6.74. The molecule has 2 heterocycles. The minimum Gasteiger partial charge on any atom is -0.540 e. The van der Waals surface area contributed by atoms with Crippen molar-refractivity contribution in [2.45, 2.75) is 51.7 Å². The molecule has 0 radical (unpaired) electrons. The Balaban J connectivity index is 2.02. The molecule has 3 rings (SSSR count). The summed E-state index contributed by atoms with van der Waals surface area (Å²) in [6.07, 6.45) is 2.13. The zero-order chi connectivity index (χ0) is 17.5. The van der Waals surface area contributed by atoms with E-state index in [0.29, 0.717) is 22.8 Å². The number of likely N-dealkylation sites (tertiary alicyclic amines) is 1. The largest absolute Gasteiger partial charge is 0.540 e. The highest BCUT2D eigenvalue weighted by atomic mass is 28.4. The standard InChI is InChI=1S/C18H27NO4Si/c1-18(2,3)24(4,5)23-15-13(17(20)19-10-6-7-11-19)8-9-14-16(15)22-12-21-14/h8-9H,6-7,10-12H2,1-5H3. The monoisotopic (exact) mass is 349 g/mol. The topological polar surface area (TPSA) is 48.0 Å². The third-order valence-electron chi connectivity index (χ3n) is 5.28. The Morgan fingerprint density at radius 3 is 2.46 bits per heavy atom. The lowest BCUT2D eigenvalue weighted by atomic mass is 10.1. The molecule has 2 aliphatic heterocycles. The van der Waals surface area contributed by atoms with Crippen molar-refractivity contribution in [1.29, 1.82) is 0 Å². The Morgan fingerprint density at radius 1 is 1.17 bits per heavy atom. The van der Waals surface area contributed by atoms with Gasteiger partial charge in [0.25, 0.3) is 14.2 Å². The molecule has 6 heteroatoms. The van der Waals surface area contributed by atoms with Crippen molar-refractivity contribution in [2.75, 3.05) is 19.9 Å². The molecule has 2 aliphatic rings. The molecule has 0 aromatic heterocycles. The maximum absolute atomic E-state index is 13.0. The van der Waals surface area contributed by atoms with E-state index < -0.39 is 8.32 Å². The fourth-order valence-electron chi connectivity index (χ4n) is 2.72. The van der Waals surface area contributed by atoms with Crippen LogP contribution in [-0.2, 0) is 0 Å². The summed E-state index contributed by atoms with van der Waals surface area (Å²) in [4.78, 5) is 14.9. The molecule has 1 aromatic rings. The fourth-order valence-corrected chi connectivity index (χ4v) is 3.73. The second-order valence-electron chi connectivity index (χ2n) is 8.04. The van der Waals surface area contributed by atoms with Gasteiger partial charge >= 0.3 is 0 Å². The van der Waals surface area contributed by atoms with Crippen LogP contribution in [0.5, 0.6) is 17.2 Å². The molecule has 1 amide bonds. The van der Waals surface area contributed by atoms with E-state index in [1.54, 1.807) is 0 Å². The average Bonchev–Trinajstić information content (AvgIpc) is 3.17. The van der Waals surface area contributed by atoms with Gasteiger partial charge < -0.3 is 18.8 Å². The van der Waals surface area contributed by atoms with E-state index in [1.807, 2.05) is 17.0 Å². The molecular weight excluding hydrogens is 322 g/mol. The summed E-state index contributed by atoms with van der Waals surface area (Å²) < 4.78 is 17.6. The van der Waals surface area contributed by atoms with E-state index in [4.69, 9.17) is 13.9 Å². The molecular formula is C18H27NO4Si. The van der Waals surface area contributed by atoms with E-state index >= 15 is 0 Å². The second-order valence-corrected chi connectivity index (χ2v) is 12.8. The van der Waals surface area contributed by atoms with Crippen molar-refractivity contribution in [3.8, 4) is 17.2 Å². The van der Waals surface area contributed by atoms with E-state index in [9.17, 15) is 4.79 Å². The van der Waals surface area contributed by atoms with Crippen LogP contribution in [0.4, 0.5) is 0 Å². The highest BCUT2D eigenvalue weighted by Gasteiger charge is 2.41. The van der Waals surface area contributed by atoms with Crippen LogP contribution in [0.1, 0.15) is 44.0 Å². The predicted molar refractivity (Wildman–Crippen MR) is 95.5 cm³/mol. The van der Waals surface area contributed by atoms with Crippen LogP contribution in [0.15, 0.2) is 12.1 Å². The Morgan fingerprint density at radius 2 is 1.83 bits per heavy atom. The highest BCUT2D eigenvalue weighted by Crippen LogP contribution is 2.47.